The summed E-state index contributed by atoms with van der Waals surface area (Å²) in [5.74, 6) is -3.81. The molecule has 1 aliphatic rings. The maximum absolute atomic E-state index is 12.8. The topological polar surface area (TPSA) is 220 Å². The van der Waals surface area contributed by atoms with Gasteiger partial charge in [-0.15, -0.1) is 0 Å². The predicted molar refractivity (Wildman–Crippen MR) is 116 cm³/mol. The van der Waals surface area contributed by atoms with Crippen molar-refractivity contribution in [2.24, 2.45) is 0 Å². The molecule has 0 bridgehead atoms. The third-order valence-electron chi connectivity index (χ3n) is 5.59. The molecule has 2 unspecified atom stereocenters. The Labute approximate surface area is 195 Å². The Balaban J connectivity index is 1.85. The molecule has 188 valence electrons. The minimum Gasteiger partial charge on any atom is -0.504 e. The van der Waals surface area contributed by atoms with Gasteiger partial charge < -0.3 is 59.5 Å². The highest BCUT2D eigenvalue weighted by atomic mass is 16.7. The van der Waals surface area contributed by atoms with Gasteiger partial charge in [-0.05, 0) is 18.2 Å². The van der Waals surface area contributed by atoms with Crippen LogP contribution < -0.4 is 14.9 Å². The Morgan fingerprint density at radius 2 is 1.66 bits per heavy atom. The predicted octanol–water partition coefficient (Wildman–Crippen LogP) is -0.530. The average molecular weight is 494 g/mol. The monoisotopic (exact) mass is 494 g/mol. The molecule has 1 aliphatic heterocycles. The number of fused-ring (bicyclic) bond motifs is 1. The smallest absolute Gasteiger partial charge is 0.238 e. The fourth-order valence-electron chi connectivity index (χ4n) is 3.72. The molecule has 35 heavy (non-hydrogen) atoms. The Morgan fingerprint density at radius 1 is 0.943 bits per heavy atom. The van der Waals surface area contributed by atoms with Crippen molar-refractivity contribution in [2.75, 3.05) is 13.7 Å². The Morgan fingerprint density at radius 3 is 2.29 bits per heavy atom. The number of aromatic hydroxyl groups is 4. The molecule has 13 nitrogen and oxygen atoms in total. The Kier molecular flexibility index (Phi) is 6.36. The average Bonchev–Trinajstić information content (AvgIpc) is 2.83. The van der Waals surface area contributed by atoms with Gasteiger partial charge in [0.1, 0.15) is 35.4 Å². The zero-order valence-corrected chi connectivity index (χ0v) is 18.0. The summed E-state index contributed by atoms with van der Waals surface area (Å²) in [5.41, 5.74) is -1.35. The summed E-state index contributed by atoms with van der Waals surface area (Å²) in [6.45, 7) is -0.706. The molecule has 0 aliphatic carbocycles. The van der Waals surface area contributed by atoms with Gasteiger partial charge in [0.15, 0.2) is 28.8 Å². The van der Waals surface area contributed by atoms with Crippen molar-refractivity contribution >= 4 is 11.0 Å². The standard InChI is InChI=1S/C22H22O13/c1-32-21-11(34-22-19(31)17(29)14(26)12(6-23)35-22)5-10-13(16(21)28)15(27)18(30)20(33-10)7-2-3-8(24)9(25)4-7/h2-5,12,14,17,19,22-26,28-31H,6H2,1H3/t12?,14-,17+,19?,22-/m1/s1. The van der Waals surface area contributed by atoms with Gasteiger partial charge in [-0.2, -0.15) is 0 Å². The van der Waals surface area contributed by atoms with E-state index in [2.05, 4.69) is 0 Å². The summed E-state index contributed by atoms with van der Waals surface area (Å²) in [6.07, 6.45) is -8.07. The summed E-state index contributed by atoms with van der Waals surface area (Å²) in [7, 11) is 1.14. The maximum Gasteiger partial charge on any atom is 0.238 e. The lowest BCUT2D eigenvalue weighted by Gasteiger charge is -2.39. The number of hydrogen-bond donors (Lipinski definition) is 8. The van der Waals surface area contributed by atoms with E-state index in [0.717, 1.165) is 25.3 Å². The number of aliphatic hydroxyl groups excluding tert-OH is 4. The van der Waals surface area contributed by atoms with E-state index in [-0.39, 0.29) is 16.9 Å². The quantitative estimate of drug-likeness (QED) is 0.209. The highest BCUT2D eigenvalue weighted by Gasteiger charge is 2.45. The molecular weight excluding hydrogens is 472 g/mol. The van der Waals surface area contributed by atoms with Crippen LogP contribution in [-0.2, 0) is 4.74 Å². The summed E-state index contributed by atoms with van der Waals surface area (Å²) < 4.78 is 21.5. The molecule has 0 amide bonds. The van der Waals surface area contributed by atoms with Gasteiger partial charge in [-0.3, -0.25) is 4.79 Å². The first-order valence-electron chi connectivity index (χ1n) is 10.2. The van der Waals surface area contributed by atoms with E-state index >= 15 is 0 Å². The van der Waals surface area contributed by atoms with Crippen molar-refractivity contribution in [3.8, 4) is 45.8 Å². The maximum atomic E-state index is 12.8. The SMILES string of the molecule is COc1c(O[C@@H]2OC(CO)[C@@H](O)[C@H](O)C2O)cc2oc(-c3ccc(O)c(O)c3)c(O)c(=O)c2c1O. The van der Waals surface area contributed by atoms with E-state index in [4.69, 9.17) is 18.6 Å². The first-order valence-corrected chi connectivity index (χ1v) is 10.2. The molecule has 3 aromatic rings. The van der Waals surface area contributed by atoms with Gasteiger partial charge in [-0.1, -0.05) is 0 Å². The second-order valence-corrected chi connectivity index (χ2v) is 7.76. The normalized spacial score (nSPS) is 24.4. The van der Waals surface area contributed by atoms with Crippen LogP contribution in [0.15, 0.2) is 33.5 Å². The lowest BCUT2D eigenvalue weighted by molar-refractivity contribution is -0.277. The van der Waals surface area contributed by atoms with E-state index in [0.29, 0.717) is 0 Å². The summed E-state index contributed by atoms with van der Waals surface area (Å²) in [4.78, 5) is 12.8. The molecule has 2 aromatic carbocycles. The van der Waals surface area contributed by atoms with Crippen molar-refractivity contribution in [3.63, 3.8) is 0 Å². The molecule has 0 radical (unpaired) electrons. The molecule has 1 aromatic heterocycles. The number of phenols is 3. The third-order valence-corrected chi connectivity index (χ3v) is 5.59. The van der Waals surface area contributed by atoms with Crippen molar-refractivity contribution in [2.45, 2.75) is 30.7 Å². The van der Waals surface area contributed by atoms with Crippen LogP contribution in [0.2, 0.25) is 0 Å². The van der Waals surface area contributed by atoms with Gasteiger partial charge in [0.25, 0.3) is 0 Å². The molecule has 1 saturated heterocycles. The van der Waals surface area contributed by atoms with Crippen LogP contribution in [0.3, 0.4) is 0 Å². The number of rotatable bonds is 5. The minimum atomic E-state index is -1.78. The molecule has 8 N–H and O–H groups in total. The fourth-order valence-corrected chi connectivity index (χ4v) is 3.72. The lowest BCUT2D eigenvalue weighted by Crippen LogP contribution is -2.60. The number of ether oxygens (including phenoxy) is 3. The van der Waals surface area contributed by atoms with Gasteiger partial charge in [0, 0.05) is 11.6 Å². The molecular formula is C22H22O13. The summed E-state index contributed by atoms with van der Waals surface area (Å²) in [6, 6.07) is 4.48. The van der Waals surface area contributed by atoms with E-state index < -0.39 is 82.6 Å². The zero-order chi connectivity index (χ0) is 25.6. The number of methoxy groups -OCH3 is 1. The fraction of sp³-hybridized carbons (Fsp3) is 0.318. The first-order chi connectivity index (χ1) is 16.6. The van der Waals surface area contributed by atoms with E-state index in [9.17, 15) is 45.6 Å². The van der Waals surface area contributed by atoms with Gasteiger partial charge in [0.2, 0.25) is 23.2 Å². The van der Waals surface area contributed by atoms with Crippen molar-refractivity contribution in [1.29, 1.82) is 0 Å². The molecule has 5 atom stereocenters. The van der Waals surface area contributed by atoms with Crippen molar-refractivity contribution in [3.05, 3.63) is 34.5 Å². The Bertz CT molecular complexity index is 1320. The van der Waals surface area contributed by atoms with Crippen LogP contribution in [0.25, 0.3) is 22.3 Å². The van der Waals surface area contributed by atoms with Crippen molar-refractivity contribution in [1.82, 2.24) is 0 Å². The number of phenolic OH excluding ortho intramolecular Hbond substituents is 3. The minimum absolute atomic E-state index is 0.0171. The first kappa shape index (κ1) is 24.4. The molecule has 0 spiro atoms. The highest BCUT2D eigenvalue weighted by molar-refractivity contribution is 5.91. The summed E-state index contributed by atoms with van der Waals surface area (Å²) in [5, 5.41) is 79.4. The zero-order valence-electron chi connectivity index (χ0n) is 18.0. The second-order valence-electron chi connectivity index (χ2n) is 7.76. The Hall–Kier alpha value is -3.75. The number of benzene rings is 2. The van der Waals surface area contributed by atoms with Crippen LogP contribution in [-0.4, -0.2) is 85.3 Å². The van der Waals surface area contributed by atoms with E-state index in [1.165, 1.54) is 6.07 Å². The highest BCUT2D eigenvalue weighted by Crippen LogP contribution is 2.45. The van der Waals surface area contributed by atoms with Crippen LogP contribution in [0.4, 0.5) is 0 Å². The van der Waals surface area contributed by atoms with Gasteiger partial charge in [0.05, 0.1) is 13.7 Å². The molecule has 1 fully saturated rings. The molecule has 0 saturated carbocycles. The van der Waals surface area contributed by atoms with E-state index in [1.54, 1.807) is 0 Å². The van der Waals surface area contributed by atoms with Crippen LogP contribution in [0, 0.1) is 0 Å². The van der Waals surface area contributed by atoms with Gasteiger partial charge in [-0.25, -0.2) is 0 Å². The molecule has 2 heterocycles. The van der Waals surface area contributed by atoms with Crippen LogP contribution in [0.1, 0.15) is 0 Å². The van der Waals surface area contributed by atoms with Gasteiger partial charge >= 0.3 is 0 Å². The summed E-state index contributed by atoms with van der Waals surface area (Å²) >= 11 is 0. The second kappa shape index (κ2) is 9.13. The van der Waals surface area contributed by atoms with Crippen molar-refractivity contribution < 1.29 is 59.5 Å². The molecule has 13 heteroatoms. The van der Waals surface area contributed by atoms with E-state index in [1.807, 2.05) is 0 Å². The largest absolute Gasteiger partial charge is 0.504 e. The van der Waals surface area contributed by atoms with Crippen LogP contribution >= 0.6 is 0 Å². The number of aliphatic hydroxyl groups is 4. The third kappa shape index (κ3) is 4.05. The molecule has 4 rings (SSSR count). The number of hydrogen-bond acceptors (Lipinski definition) is 13. The lowest BCUT2D eigenvalue weighted by atomic mass is 9.99. The van der Waals surface area contributed by atoms with Crippen LogP contribution in [0.5, 0.6) is 34.5 Å².